The molecule has 1 amide bonds. The highest BCUT2D eigenvalue weighted by atomic mass is 16.6. The fourth-order valence-electron chi connectivity index (χ4n) is 2.96. The molecular weight excluding hydrogens is 330 g/mol. The summed E-state index contributed by atoms with van der Waals surface area (Å²) >= 11 is 0. The monoisotopic (exact) mass is 349 g/mol. The molecule has 1 aliphatic rings. The Morgan fingerprint density at radius 1 is 1.23 bits per heavy atom. The summed E-state index contributed by atoms with van der Waals surface area (Å²) in [7, 11) is 0. The van der Waals surface area contributed by atoms with Gasteiger partial charge in [-0.3, -0.25) is 9.89 Å². The van der Waals surface area contributed by atoms with Gasteiger partial charge in [-0.2, -0.15) is 5.10 Å². The van der Waals surface area contributed by atoms with Crippen LogP contribution in [0.3, 0.4) is 0 Å². The van der Waals surface area contributed by atoms with E-state index in [-0.39, 0.29) is 12.5 Å². The van der Waals surface area contributed by atoms with Crippen molar-refractivity contribution in [2.24, 2.45) is 0 Å². The van der Waals surface area contributed by atoms with E-state index in [1.54, 1.807) is 12.3 Å². The number of carbonyl (C=O) groups excluding carboxylic acids is 1. The number of hydrogen-bond acceptors (Lipinski definition) is 4. The molecule has 1 unspecified atom stereocenters. The molecule has 26 heavy (non-hydrogen) atoms. The molecule has 0 saturated carbocycles. The first-order chi connectivity index (χ1) is 12.7. The molecule has 0 spiro atoms. The Bertz CT molecular complexity index is 922. The molecule has 0 aliphatic carbocycles. The first-order valence-electron chi connectivity index (χ1n) is 8.56. The predicted molar refractivity (Wildman–Crippen MR) is 98.4 cm³/mol. The molecule has 1 aromatic heterocycles. The normalized spacial score (nSPS) is 15.5. The fraction of sp³-hybridized carbons (Fsp3) is 0.200. The van der Waals surface area contributed by atoms with Crippen LogP contribution < -0.4 is 14.8 Å². The number of nitrogens with one attached hydrogen (secondary N) is 2. The van der Waals surface area contributed by atoms with Crippen LogP contribution in [0.25, 0.3) is 11.1 Å². The van der Waals surface area contributed by atoms with Gasteiger partial charge in [0.25, 0.3) is 5.91 Å². The molecule has 3 aromatic rings. The maximum atomic E-state index is 12.6. The van der Waals surface area contributed by atoms with Crippen LogP contribution in [-0.4, -0.2) is 28.8 Å². The molecule has 0 bridgehead atoms. The summed E-state index contributed by atoms with van der Waals surface area (Å²) in [5.41, 5.74) is 3.90. The number of ether oxygens (including phenoxy) is 2. The van der Waals surface area contributed by atoms with Crippen LogP contribution in [0.5, 0.6) is 11.5 Å². The van der Waals surface area contributed by atoms with Crippen molar-refractivity contribution in [2.45, 2.75) is 19.4 Å². The van der Waals surface area contributed by atoms with Crippen LogP contribution in [0.4, 0.5) is 5.69 Å². The topological polar surface area (TPSA) is 76.2 Å². The molecule has 132 valence electrons. The van der Waals surface area contributed by atoms with Crippen molar-refractivity contribution >= 4 is 11.6 Å². The van der Waals surface area contributed by atoms with Crippen molar-refractivity contribution in [2.75, 3.05) is 11.9 Å². The average molecular weight is 349 g/mol. The third-order valence-corrected chi connectivity index (χ3v) is 4.38. The lowest BCUT2D eigenvalue weighted by molar-refractivity contribution is -0.125. The van der Waals surface area contributed by atoms with Crippen LogP contribution in [0.1, 0.15) is 12.5 Å². The first-order valence-corrected chi connectivity index (χ1v) is 8.56. The van der Waals surface area contributed by atoms with E-state index in [4.69, 9.17) is 9.47 Å². The van der Waals surface area contributed by atoms with Gasteiger partial charge >= 0.3 is 0 Å². The molecule has 1 aliphatic heterocycles. The minimum Gasteiger partial charge on any atom is -0.485 e. The number of para-hydroxylation sites is 2. The van der Waals surface area contributed by atoms with E-state index in [9.17, 15) is 4.79 Å². The number of H-pyrrole nitrogens is 1. The van der Waals surface area contributed by atoms with E-state index in [0.29, 0.717) is 11.5 Å². The molecule has 1 atom stereocenters. The molecule has 0 fully saturated rings. The van der Waals surface area contributed by atoms with E-state index >= 15 is 0 Å². The molecule has 6 nitrogen and oxygen atoms in total. The smallest absolute Gasteiger partial charge is 0.269 e. The van der Waals surface area contributed by atoms with Gasteiger partial charge in [-0.05, 0) is 41.8 Å². The second-order valence-corrected chi connectivity index (χ2v) is 6.07. The minimum absolute atomic E-state index is 0.192. The van der Waals surface area contributed by atoms with Crippen molar-refractivity contribution in [3.8, 4) is 22.6 Å². The molecule has 0 saturated heterocycles. The molecular formula is C20H19N3O3. The number of rotatable bonds is 4. The summed E-state index contributed by atoms with van der Waals surface area (Å²) in [6.07, 6.45) is 3.74. The van der Waals surface area contributed by atoms with E-state index < -0.39 is 6.10 Å². The number of hydrogen-bond donors (Lipinski definition) is 2. The van der Waals surface area contributed by atoms with Gasteiger partial charge in [0.1, 0.15) is 6.61 Å². The van der Waals surface area contributed by atoms with Crippen molar-refractivity contribution in [1.82, 2.24) is 10.2 Å². The standard InChI is InChI=1S/C20H19N3O3/c1-2-13-9-14(15-10-21-22-11-15)7-8-16(13)23-20(24)19-12-25-17-5-3-4-6-18(17)26-19/h3-11,19H,2,12H2,1H3,(H,21,22)(H,23,24). The number of benzene rings is 2. The first kappa shape index (κ1) is 16.2. The van der Waals surface area contributed by atoms with Gasteiger partial charge in [0.2, 0.25) is 6.10 Å². The van der Waals surface area contributed by atoms with Crippen LogP contribution >= 0.6 is 0 Å². The second-order valence-electron chi connectivity index (χ2n) is 6.07. The maximum Gasteiger partial charge on any atom is 0.269 e. The van der Waals surface area contributed by atoms with Crippen LogP contribution in [0, 0.1) is 0 Å². The van der Waals surface area contributed by atoms with E-state index in [2.05, 4.69) is 28.5 Å². The Morgan fingerprint density at radius 2 is 2.08 bits per heavy atom. The Labute approximate surface area is 151 Å². The Morgan fingerprint density at radius 3 is 2.85 bits per heavy atom. The lowest BCUT2D eigenvalue weighted by atomic mass is 10.0. The zero-order valence-electron chi connectivity index (χ0n) is 14.4. The molecule has 2 N–H and O–H groups in total. The van der Waals surface area contributed by atoms with Gasteiger partial charge in [-0.1, -0.05) is 25.1 Å². The van der Waals surface area contributed by atoms with Gasteiger partial charge in [0, 0.05) is 17.4 Å². The second kappa shape index (κ2) is 6.92. The van der Waals surface area contributed by atoms with Crippen LogP contribution in [0.2, 0.25) is 0 Å². The number of aryl methyl sites for hydroxylation is 1. The van der Waals surface area contributed by atoms with Crippen LogP contribution in [0.15, 0.2) is 54.9 Å². The third kappa shape index (κ3) is 3.13. The SMILES string of the molecule is CCc1cc(-c2cn[nH]c2)ccc1NC(=O)C1COc2ccccc2O1. The summed E-state index contributed by atoms with van der Waals surface area (Å²) in [6.45, 7) is 2.25. The van der Waals surface area contributed by atoms with Gasteiger partial charge in [-0.15, -0.1) is 0 Å². The van der Waals surface area contributed by atoms with Gasteiger partial charge in [-0.25, -0.2) is 0 Å². The minimum atomic E-state index is -0.678. The Hall–Kier alpha value is -3.28. The summed E-state index contributed by atoms with van der Waals surface area (Å²) in [6, 6.07) is 13.3. The van der Waals surface area contributed by atoms with Crippen molar-refractivity contribution in [3.63, 3.8) is 0 Å². The van der Waals surface area contributed by atoms with Gasteiger partial charge < -0.3 is 14.8 Å². The lowest BCUT2D eigenvalue weighted by Gasteiger charge is -2.26. The summed E-state index contributed by atoms with van der Waals surface area (Å²) in [5, 5.41) is 9.76. The summed E-state index contributed by atoms with van der Waals surface area (Å²) < 4.78 is 11.4. The highest BCUT2D eigenvalue weighted by molar-refractivity contribution is 5.95. The van der Waals surface area contributed by atoms with Crippen molar-refractivity contribution in [1.29, 1.82) is 0 Å². The quantitative estimate of drug-likeness (QED) is 0.757. The number of aromatic nitrogens is 2. The van der Waals surface area contributed by atoms with E-state index in [1.807, 2.05) is 36.5 Å². The lowest BCUT2D eigenvalue weighted by Crippen LogP contribution is -2.40. The number of aromatic amines is 1. The molecule has 2 heterocycles. The number of amides is 1. The zero-order chi connectivity index (χ0) is 17.9. The van der Waals surface area contributed by atoms with E-state index in [1.165, 1.54) is 0 Å². The van der Waals surface area contributed by atoms with Gasteiger partial charge in [0.15, 0.2) is 11.5 Å². The number of nitrogens with zero attached hydrogens (tertiary/aromatic N) is 1. The van der Waals surface area contributed by atoms with Crippen molar-refractivity contribution < 1.29 is 14.3 Å². The number of carbonyl (C=O) groups is 1. The van der Waals surface area contributed by atoms with E-state index in [0.717, 1.165) is 28.8 Å². The Kier molecular flexibility index (Phi) is 4.31. The third-order valence-electron chi connectivity index (χ3n) is 4.38. The summed E-state index contributed by atoms with van der Waals surface area (Å²) in [5.74, 6) is 1.03. The summed E-state index contributed by atoms with van der Waals surface area (Å²) in [4.78, 5) is 12.6. The number of anilines is 1. The predicted octanol–water partition coefficient (Wildman–Crippen LogP) is 3.42. The highest BCUT2D eigenvalue weighted by Gasteiger charge is 2.27. The largest absolute Gasteiger partial charge is 0.485 e. The molecule has 2 aromatic carbocycles. The average Bonchev–Trinajstić information content (AvgIpc) is 3.22. The number of fused-ring (bicyclic) bond motifs is 1. The van der Waals surface area contributed by atoms with Crippen LogP contribution in [-0.2, 0) is 11.2 Å². The zero-order valence-corrected chi connectivity index (χ0v) is 14.4. The highest BCUT2D eigenvalue weighted by Crippen LogP contribution is 2.31. The maximum absolute atomic E-state index is 12.6. The van der Waals surface area contributed by atoms with Crippen molar-refractivity contribution in [3.05, 3.63) is 60.4 Å². The van der Waals surface area contributed by atoms with Gasteiger partial charge in [0.05, 0.1) is 6.20 Å². The fourth-order valence-corrected chi connectivity index (χ4v) is 2.96. The molecule has 6 heteroatoms. The molecule has 4 rings (SSSR count). The molecule has 0 radical (unpaired) electrons. The Balaban J connectivity index is 1.51.